The molecular weight excluding hydrogens is 454 g/mol. The van der Waals surface area contributed by atoms with Crippen LogP contribution in [0.3, 0.4) is 0 Å². The van der Waals surface area contributed by atoms with Crippen LogP contribution in [0.25, 0.3) is 11.0 Å². The number of anilines is 1. The Kier molecular flexibility index (Phi) is 6.64. The smallest absolute Gasteiger partial charge is 0.256 e. The highest BCUT2D eigenvalue weighted by atomic mass is 32.2. The predicted octanol–water partition coefficient (Wildman–Crippen LogP) is 3.84. The molecule has 34 heavy (non-hydrogen) atoms. The van der Waals surface area contributed by atoms with Gasteiger partial charge in [-0.25, -0.2) is 13.4 Å². The number of carbonyl (C=O) groups excluding carboxylic acids is 1. The van der Waals surface area contributed by atoms with E-state index in [4.69, 9.17) is 9.72 Å². The Morgan fingerprint density at radius 3 is 2.53 bits per heavy atom. The number of amides is 1. The molecule has 1 amide bonds. The summed E-state index contributed by atoms with van der Waals surface area (Å²) in [6.07, 6.45) is 2.10. The zero-order valence-electron chi connectivity index (χ0n) is 20.3. The van der Waals surface area contributed by atoms with Gasteiger partial charge in [-0.15, -0.1) is 0 Å². The highest BCUT2D eigenvalue weighted by Crippen LogP contribution is 2.40. The lowest BCUT2D eigenvalue weighted by Crippen LogP contribution is -2.30. The number of aryl methyl sites for hydroxylation is 2. The number of nitrogens with zero attached hydrogens (tertiary/aromatic N) is 4. The van der Waals surface area contributed by atoms with Crippen LogP contribution in [0.1, 0.15) is 61.3 Å². The molecule has 1 saturated carbocycles. The molecule has 182 valence electrons. The van der Waals surface area contributed by atoms with Gasteiger partial charge in [-0.1, -0.05) is 13.8 Å². The number of fused-ring (bicyclic) bond motifs is 1. The van der Waals surface area contributed by atoms with E-state index in [0.29, 0.717) is 59.3 Å². The molecule has 9 nitrogen and oxygen atoms in total. The Hall–Kier alpha value is -2.98. The highest BCUT2D eigenvalue weighted by molar-refractivity contribution is 7.89. The average molecular weight is 486 g/mol. The Balaban J connectivity index is 1.78. The number of benzene rings is 1. The van der Waals surface area contributed by atoms with Crippen LogP contribution < -0.4 is 10.1 Å². The van der Waals surface area contributed by atoms with E-state index in [0.717, 1.165) is 18.5 Å². The van der Waals surface area contributed by atoms with Gasteiger partial charge in [0.25, 0.3) is 5.91 Å². The summed E-state index contributed by atoms with van der Waals surface area (Å²) >= 11 is 0. The SMILES string of the molecule is CCOc1ccc(S(=O)(=O)N(CC)CC)cc1NC(=O)c1cc(C2CC2)nc2c1c(C)nn2C. The summed E-state index contributed by atoms with van der Waals surface area (Å²) in [5.41, 5.74) is 3.02. The van der Waals surface area contributed by atoms with Crippen molar-refractivity contribution < 1.29 is 17.9 Å². The maximum atomic E-state index is 13.6. The fraction of sp³-hybridized carbons (Fsp3) is 0.458. The van der Waals surface area contributed by atoms with Gasteiger partial charge < -0.3 is 10.1 Å². The third-order valence-electron chi connectivity index (χ3n) is 6.07. The molecule has 1 N–H and O–H groups in total. The zero-order chi connectivity index (χ0) is 24.6. The van der Waals surface area contributed by atoms with Crippen molar-refractivity contribution in [2.45, 2.75) is 51.3 Å². The summed E-state index contributed by atoms with van der Waals surface area (Å²) in [5, 5.41) is 8.05. The molecule has 2 aromatic heterocycles. The van der Waals surface area contributed by atoms with Gasteiger partial charge in [0.05, 0.1) is 33.8 Å². The molecule has 1 aliphatic rings. The standard InChI is InChI=1S/C24H31N5O4S/c1-6-29(7-2)34(31,32)17-11-12-21(33-8-3)20(13-17)26-24(30)18-14-19(16-9-10-16)25-23-22(18)15(4)27-28(23)5/h11-14,16H,6-10H2,1-5H3,(H,26,30). The summed E-state index contributed by atoms with van der Waals surface area (Å²) in [5.74, 6) is 0.404. The van der Waals surface area contributed by atoms with Crippen LogP contribution in [-0.4, -0.2) is 53.1 Å². The van der Waals surface area contributed by atoms with E-state index in [1.807, 2.05) is 27.0 Å². The zero-order valence-corrected chi connectivity index (χ0v) is 21.1. The topological polar surface area (TPSA) is 106 Å². The van der Waals surface area contributed by atoms with Gasteiger partial charge in [0.1, 0.15) is 5.75 Å². The van der Waals surface area contributed by atoms with E-state index in [-0.39, 0.29) is 10.8 Å². The van der Waals surface area contributed by atoms with Crippen LogP contribution in [-0.2, 0) is 17.1 Å². The lowest BCUT2D eigenvalue weighted by Gasteiger charge is -2.20. The molecule has 0 aliphatic heterocycles. The largest absolute Gasteiger partial charge is 0.492 e. The minimum Gasteiger partial charge on any atom is -0.492 e. The van der Waals surface area contributed by atoms with Crippen molar-refractivity contribution in [3.63, 3.8) is 0 Å². The van der Waals surface area contributed by atoms with Gasteiger partial charge in [0.15, 0.2) is 5.65 Å². The van der Waals surface area contributed by atoms with E-state index < -0.39 is 10.0 Å². The first kappa shape index (κ1) is 24.2. The van der Waals surface area contributed by atoms with Crippen LogP contribution in [0.5, 0.6) is 5.75 Å². The second-order valence-electron chi connectivity index (χ2n) is 8.41. The molecule has 2 heterocycles. The third-order valence-corrected chi connectivity index (χ3v) is 8.12. The summed E-state index contributed by atoms with van der Waals surface area (Å²) in [6, 6.07) is 6.39. The van der Waals surface area contributed by atoms with E-state index >= 15 is 0 Å². The minimum absolute atomic E-state index is 0.103. The molecule has 1 aromatic carbocycles. The number of ether oxygens (including phenoxy) is 1. The van der Waals surface area contributed by atoms with Crippen LogP contribution in [0.15, 0.2) is 29.2 Å². The molecule has 0 spiro atoms. The predicted molar refractivity (Wildman–Crippen MR) is 131 cm³/mol. The number of hydrogen-bond donors (Lipinski definition) is 1. The van der Waals surface area contributed by atoms with Crippen molar-refractivity contribution in [2.24, 2.45) is 7.05 Å². The highest BCUT2D eigenvalue weighted by Gasteiger charge is 2.29. The van der Waals surface area contributed by atoms with Crippen molar-refractivity contribution in [2.75, 3.05) is 25.0 Å². The Morgan fingerprint density at radius 1 is 1.21 bits per heavy atom. The second-order valence-corrected chi connectivity index (χ2v) is 10.3. The minimum atomic E-state index is -3.70. The van der Waals surface area contributed by atoms with Crippen LogP contribution in [0.4, 0.5) is 5.69 Å². The Bertz CT molecular complexity index is 1340. The fourth-order valence-electron chi connectivity index (χ4n) is 4.18. The van der Waals surface area contributed by atoms with Gasteiger partial charge in [-0.3, -0.25) is 9.48 Å². The first-order valence-corrected chi connectivity index (χ1v) is 13.1. The van der Waals surface area contributed by atoms with Gasteiger partial charge in [0.2, 0.25) is 10.0 Å². The summed E-state index contributed by atoms with van der Waals surface area (Å²) in [6.45, 7) is 8.35. The number of aromatic nitrogens is 3. The van der Waals surface area contributed by atoms with Gasteiger partial charge in [-0.05, 0) is 51.0 Å². The van der Waals surface area contributed by atoms with Crippen molar-refractivity contribution in [3.05, 3.63) is 41.2 Å². The molecule has 0 atom stereocenters. The monoisotopic (exact) mass is 485 g/mol. The summed E-state index contributed by atoms with van der Waals surface area (Å²) in [4.78, 5) is 18.4. The van der Waals surface area contributed by atoms with E-state index in [9.17, 15) is 13.2 Å². The summed E-state index contributed by atoms with van der Waals surface area (Å²) < 4.78 is 34.9. The molecule has 10 heteroatoms. The first-order chi connectivity index (χ1) is 16.2. The van der Waals surface area contributed by atoms with Gasteiger partial charge in [-0.2, -0.15) is 9.40 Å². The Morgan fingerprint density at radius 2 is 1.91 bits per heavy atom. The van der Waals surface area contributed by atoms with Crippen molar-refractivity contribution >= 4 is 32.7 Å². The number of hydrogen-bond acceptors (Lipinski definition) is 6. The molecule has 3 aromatic rings. The quantitative estimate of drug-likeness (QED) is 0.494. The summed E-state index contributed by atoms with van der Waals surface area (Å²) in [7, 11) is -1.89. The van der Waals surface area contributed by atoms with E-state index in [2.05, 4.69) is 10.4 Å². The van der Waals surface area contributed by atoms with Crippen LogP contribution >= 0.6 is 0 Å². The van der Waals surface area contributed by atoms with Gasteiger partial charge in [0, 0.05) is 31.7 Å². The molecule has 4 rings (SSSR count). The molecule has 0 bridgehead atoms. The number of carbonyl (C=O) groups is 1. The number of pyridine rings is 1. The van der Waals surface area contributed by atoms with Crippen LogP contribution in [0.2, 0.25) is 0 Å². The van der Waals surface area contributed by atoms with Crippen LogP contribution in [0, 0.1) is 6.92 Å². The van der Waals surface area contributed by atoms with E-state index in [1.54, 1.807) is 24.6 Å². The maximum Gasteiger partial charge on any atom is 0.256 e. The van der Waals surface area contributed by atoms with Crippen molar-refractivity contribution in [3.8, 4) is 5.75 Å². The van der Waals surface area contributed by atoms with E-state index in [1.165, 1.54) is 16.4 Å². The lowest BCUT2D eigenvalue weighted by molar-refractivity contribution is 0.102. The second kappa shape index (κ2) is 9.34. The number of sulfonamides is 1. The maximum absolute atomic E-state index is 13.6. The molecule has 1 aliphatic carbocycles. The number of rotatable bonds is 9. The van der Waals surface area contributed by atoms with Crippen molar-refractivity contribution in [1.29, 1.82) is 0 Å². The van der Waals surface area contributed by atoms with Crippen molar-refractivity contribution in [1.82, 2.24) is 19.1 Å². The molecule has 0 unspecified atom stereocenters. The van der Waals surface area contributed by atoms with Gasteiger partial charge >= 0.3 is 0 Å². The third kappa shape index (κ3) is 4.39. The molecule has 1 fully saturated rings. The first-order valence-electron chi connectivity index (χ1n) is 11.6. The Labute approximate surface area is 200 Å². The molecular formula is C24H31N5O4S. The molecule has 0 saturated heterocycles. The molecule has 0 radical (unpaired) electrons. The number of nitrogens with one attached hydrogen (secondary N) is 1. The fourth-order valence-corrected chi connectivity index (χ4v) is 5.67. The average Bonchev–Trinajstić information content (AvgIpc) is 3.61. The normalized spacial score (nSPS) is 14.1. The lowest BCUT2D eigenvalue weighted by atomic mass is 10.1.